The van der Waals surface area contributed by atoms with Crippen molar-refractivity contribution in [1.29, 1.82) is 0 Å². The maximum Gasteiger partial charge on any atom is 0.338 e. The van der Waals surface area contributed by atoms with Gasteiger partial charge in [0.25, 0.3) is 0 Å². The minimum absolute atomic E-state index is 0.0406. The lowest BCUT2D eigenvalue weighted by atomic mass is 9.63. The standard InChI is InChI=1S/C28H34O5/c1-2-3-12-27(13-7-14-27)25(29)11-10-22-23-19-28(31-15-16-32-28)18-21(23)17-24(22)33-26(30)20-8-5-4-6-9-20/h4-6,8-11,21-25,29H,7,12-19H2,1H3/b11-10+/t21-,22-,23+,24-,25-/m1/s1. The molecule has 1 aliphatic heterocycles. The molecule has 5 heteroatoms. The molecule has 1 spiro atoms. The molecule has 176 valence electrons. The number of benzene rings is 1. The van der Waals surface area contributed by atoms with Gasteiger partial charge in [-0.15, -0.1) is 11.8 Å². The van der Waals surface area contributed by atoms with Crippen LogP contribution in [0.1, 0.15) is 62.2 Å². The van der Waals surface area contributed by atoms with Crippen LogP contribution in [0.25, 0.3) is 0 Å². The van der Waals surface area contributed by atoms with Gasteiger partial charge in [0.1, 0.15) is 6.10 Å². The lowest BCUT2D eigenvalue weighted by Crippen LogP contribution is -2.40. The van der Waals surface area contributed by atoms with Gasteiger partial charge in [-0.3, -0.25) is 0 Å². The molecule has 5 atom stereocenters. The molecule has 1 aromatic rings. The van der Waals surface area contributed by atoms with Crippen molar-refractivity contribution in [3.8, 4) is 11.8 Å². The summed E-state index contributed by atoms with van der Waals surface area (Å²) in [5.41, 5.74) is 0.435. The number of carbonyl (C=O) groups excluding carboxylic acids is 1. The number of esters is 1. The Morgan fingerprint density at radius 2 is 2.00 bits per heavy atom. The normalized spacial score (nSPS) is 32.2. The van der Waals surface area contributed by atoms with Crippen LogP contribution in [0.3, 0.4) is 0 Å². The molecule has 4 aliphatic rings. The van der Waals surface area contributed by atoms with E-state index in [-0.39, 0.29) is 23.4 Å². The molecule has 3 aliphatic carbocycles. The molecule has 33 heavy (non-hydrogen) atoms. The first-order valence-electron chi connectivity index (χ1n) is 12.3. The molecule has 1 N–H and O–H groups in total. The Kier molecular flexibility index (Phi) is 6.35. The Labute approximate surface area is 196 Å². The molecule has 1 aromatic carbocycles. The first kappa shape index (κ1) is 22.7. The zero-order chi connectivity index (χ0) is 22.9. The van der Waals surface area contributed by atoms with Crippen LogP contribution >= 0.6 is 0 Å². The van der Waals surface area contributed by atoms with Crippen molar-refractivity contribution in [1.82, 2.24) is 0 Å². The smallest absolute Gasteiger partial charge is 0.338 e. The van der Waals surface area contributed by atoms with Crippen molar-refractivity contribution < 1.29 is 24.1 Å². The lowest BCUT2D eigenvalue weighted by Gasteiger charge is -2.43. The predicted octanol–water partition coefficient (Wildman–Crippen LogP) is 4.50. The van der Waals surface area contributed by atoms with E-state index < -0.39 is 11.9 Å². The van der Waals surface area contributed by atoms with Crippen molar-refractivity contribution in [2.24, 2.45) is 23.2 Å². The molecule has 0 radical (unpaired) electrons. The van der Waals surface area contributed by atoms with Crippen molar-refractivity contribution in [3.05, 3.63) is 48.0 Å². The average Bonchev–Trinajstić information content (AvgIpc) is 3.47. The van der Waals surface area contributed by atoms with E-state index in [1.807, 2.05) is 31.2 Å². The van der Waals surface area contributed by atoms with Gasteiger partial charge in [-0.05, 0) is 50.2 Å². The maximum atomic E-state index is 12.8. The third-order valence-electron chi connectivity index (χ3n) is 8.38. The average molecular weight is 451 g/mol. The van der Waals surface area contributed by atoms with Crippen molar-refractivity contribution in [3.63, 3.8) is 0 Å². The van der Waals surface area contributed by atoms with E-state index >= 15 is 0 Å². The SMILES string of the molecule is CC#CCC1([C@H](O)/C=C/[C@@H]2[C@H]3CC4(C[C@H]3C[C@H]2OC(=O)c2ccccc2)OCCO4)CCC1. The Hall–Kier alpha value is -2.13. The summed E-state index contributed by atoms with van der Waals surface area (Å²) in [7, 11) is 0. The molecule has 0 aromatic heterocycles. The molecule has 3 saturated carbocycles. The Morgan fingerprint density at radius 3 is 2.67 bits per heavy atom. The van der Waals surface area contributed by atoms with Gasteiger partial charge >= 0.3 is 5.97 Å². The summed E-state index contributed by atoms with van der Waals surface area (Å²) in [4.78, 5) is 12.8. The van der Waals surface area contributed by atoms with Crippen LogP contribution < -0.4 is 0 Å². The number of ether oxygens (including phenoxy) is 3. The van der Waals surface area contributed by atoms with Gasteiger partial charge in [-0.25, -0.2) is 4.79 Å². The Balaban J connectivity index is 1.34. The Morgan fingerprint density at radius 1 is 1.24 bits per heavy atom. The molecule has 5 nitrogen and oxygen atoms in total. The topological polar surface area (TPSA) is 65.0 Å². The molecule has 0 bridgehead atoms. The highest BCUT2D eigenvalue weighted by Gasteiger charge is 2.57. The molecule has 1 saturated heterocycles. The second kappa shape index (κ2) is 9.25. The third kappa shape index (κ3) is 4.37. The highest BCUT2D eigenvalue weighted by molar-refractivity contribution is 5.89. The summed E-state index contributed by atoms with van der Waals surface area (Å²) >= 11 is 0. The van der Waals surface area contributed by atoms with Crippen LogP contribution in [0.15, 0.2) is 42.5 Å². The summed E-state index contributed by atoms with van der Waals surface area (Å²) in [5, 5.41) is 11.1. The van der Waals surface area contributed by atoms with Gasteiger partial charge in [-0.2, -0.15) is 0 Å². The highest BCUT2D eigenvalue weighted by atomic mass is 16.7. The largest absolute Gasteiger partial charge is 0.458 e. The van der Waals surface area contributed by atoms with Gasteiger partial charge < -0.3 is 19.3 Å². The fourth-order valence-electron chi connectivity index (χ4n) is 6.42. The molecule has 5 rings (SSSR count). The van der Waals surface area contributed by atoms with Gasteiger partial charge in [0.2, 0.25) is 0 Å². The number of hydrogen-bond donors (Lipinski definition) is 1. The fraction of sp³-hybridized carbons (Fsp3) is 0.607. The third-order valence-corrected chi connectivity index (χ3v) is 8.38. The second-order valence-electron chi connectivity index (χ2n) is 10.2. The van der Waals surface area contributed by atoms with Crippen molar-refractivity contribution in [2.75, 3.05) is 13.2 Å². The predicted molar refractivity (Wildman–Crippen MR) is 124 cm³/mol. The summed E-state index contributed by atoms with van der Waals surface area (Å²) in [5.74, 6) is 6.13. The Bertz CT molecular complexity index is 932. The van der Waals surface area contributed by atoms with Crippen LogP contribution in [-0.4, -0.2) is 42.3 Å². The zero-order valence-electron chi connectivity index (χ0n) is 19.4. The zero-order valence-corrected chi connectivity index (χ0v) is 19.4. The number of aliphatic hydroxyl groups excluding tert-OH is 1. The highest BCUT2D eigenvalue weighted by Crippen LogP contribution is 2.56. The number of fused-ring (bicyclic) bond motifs is 1. The minimum atomic E-state index is -0.536. The van der Waals surface area contributed by atoms with Gasteiger partial charge in [0.15, 0.2) is 5.79 Å². The molecule has 1 heterocycles. The van der Waals surface area contributed by atoms with Crippen LogP contribution in [0, 0.1) is 35.0 Å². The van der Waals surface area contributed by atoms with E-state index in [9.17, 15) is 9.90 Å². The van der Waals surface area contributed by atoms with E-state index in [1.54, 1.807) is 12.1 Å². The fourth-order valence-corrected chi connectivity index (χ4v) is 6.42. The van der Waals surface area contributed by atoms with E-state index in [0.717, 1.165) is 44.9 Å². The maximum absolute atomic E-state index is 12.8. The number of hydrogen-bond acceptors (Lipinski definition) is 5. The van der Waals surface area contributed by atoms with Crippen LogP contribution in [0.5, 0.6) is 0 Å². The molecular weight excluding hydrogens is 416 g/mol. The van der Waals surface area contributed by atoms with Gasteiger partial charge in [0.05, 0.1) is 24.9 Å². The second-order valence-corrected chi connectivity index (χ2v) is 10.2. The van der Waals surface area contributed by atoms with Gasteiger partial charge in [-0.1, -0.05) is 36.8 Å². The van der Waals surface area contributed by atoms with Crippen LogP contribution in [0.2, 0.25) is 0 Å². The molecule has 0 amide bonds. The number of carbonyl (C=O) groups is 1. The van der Waals surface area contributed by atoms with E-state index in [0.29, 0.717) is 30.6 Å². The molecular formula is C28H34O5. The van der Waals surface area contributed by atoms with E-state index in [1.165, 1.54) is 0 Å². The monoisotopic (exact) mass is 450 g/mol. The van der Waals surface area contributed by atoms with Crippen LogP contribution in [-0.2, 0) is 14.2 Å². The number of aliphatic hydroxyl groups is 1. The summed E-state index contributed by atoms with van der Waals surface area (Å²) in [6.07, 6.45) is 9.65. The summed E-state index contributed by atoms with van der Waals surface area (Å²) in [6, 6.07) is 9.17. The minimum Gasteiger partial charge on any atom is -0.458 e. The lowest BCUT2D eigenvalue weighted by molar-refractivity contribution is -0.157. The molecule has 4 fully saturated rings. The van der Waals surface area contributed by atoms with Gasteiger partial charge in [0, 0.05) is 30.6 Å². The summed E-state index contributed by atoms with van der Waals surface area (Å²) in [6.45, 7) is 3.14. The van der Waals surface area contributed by atoms with E-state index in [4.69, 9.17) is 14.2 Å². The summed E-state index contributed by atoms with van der Waals surface area (Å²) < 4.78 is 18.1. The van der Waals surface area contributed by atoms with Crippen molar-refractivity contribution in [2.45, 2.75) is 69.9 Å². The number of rotatable bonds is 6. The quantitative estimate of drug-likeness (QED) is 0.393. The first-order chi connectivity index (χ1) is 16.0. The first-order valence-corrected chi connectivity index (χ1v) is 12.3. The molecule has 0 unspecified atom stereocenters. The van der Waals surface area contributed by atoms with Crippen LogP contribution in [0.4, 0.5) is 0 Å². The van der Waals surface area contributed by atoms with Crippen molar-refractivity contribution >= 4 is 5.97 Å². The van der Waals surface area contributed by atoms with E-state index in [2.05, 4.69) is 17.9 Å².